The molecule has 0 bridgehead atoms. The van der Waals surface area contributed by atoms with Crippen LogP contribution >= 0.6 is 0 Å². The Hall–Kier alpha value is -0.900. The molecule has 1 rings (SSSR count). The maximum absolute atomic E-state index is 5.54. The van der Waals surface area contributed by atoms with Crippen LogP contribution in [0.1, 0.15) is 44.4 Å². The Balaban J connectivity index is 2.53. The summed E-state index contributed by atoms with van der Waals surface area (Å²) in [5.41, 5.74) is 2.89. The van der Waals surface area contributed by atoms with Crippen LogP contribution in [0.25, 0.3) is 0 Å². The summed E-state index contributed by atoms with van der Waals surface area (Å²) in [6.45, 7) is 8.78. The van der Waals surface area contributed by atoms with Crippen LogP contribution in [0, 0.1) is 0 Å². The van der Waals surface area contributed by atoms with E-state index in [0.29, 0.717) is 19.3 Å². The highest BCUT2D eigenvalue weighted by Gasteiger charge is 2.14. The van der Waals surface area contributed by atoms with Crippen LogP contribution in [0.5, 0.6) is 0 Å². The van der Waals surface area contributed by atoms with E-state index >= 15 is 0 Å². The lowest BCUT2D eigenvalue weighted by Crippen LogP contribution is -2.19. The fourth-order valence-corrected chi connectivity index (χ4v) is 2.14. The zero-order valence-electron chi connectivity index (χ0n) is 13.5. The Morgan fingerprint density at radius 2 is 1.70 bits per heavy atom. The summed E-state index contributed by atoms with van der Waals surface area (Å²) in [6.07, 6.45) is 0.967. The summed E-state index contributed by atoms with van der Waals surface area (Å²) < 4.78 is 10.5. The molecule has 0 aliphatic rings. The molecule has 1 aromatic rings. The summed E-state index contributed by atoms with van der Waals surface area (Å²) >= 11 is 0. The molecule has 3 nitrogen and oxygen atoms in total. The Kier molecular flexibility index (Phi) is 7.20. The molecule has 114 valence electrons. The van der Waals surface area contributed by atoms with E-state index in [-0.39, 0.29) is 5.41 Å². The number of benzene rings is 1. The predicted octanol–water partition coefficient (Wildman–Crippen LogP) is 3.30. The molecule has 3 heteroatoms. The highest BCUT2D eigenvalue weighted by atomic mass is 16.5. The lowest BCUT2D eigenvalue weighted by Gasteiger charge is -2.21. The van der Waals surface area contributed by atoms with Crippen molar-refractivity contribution in [2.75, 3.05) is 34.0 Å². The SMILES string of the molecule is CNC(CCOCCOC)c1ccc(C(C)(C)C)cc1. The largest absolute Gasteiger partial charge is 0.382 e. The lowest BCUT2D eigenvalue weighted by molar-refractivity contribution is 0.0661. The van der Waals surface area contributed by atoms with Gasteiger partial charge in [-0.15, -0.1) is 0 Å². The number of hydrogen-bond acceptors (Lipinski definition) is 3. The molecule has 0 fully saturated rings. The van der Waals surface area contributed by atoms with Crippen LogP contribution < -0.4 is 5.32 Å². The third kappa shape index (κ3) is 5.61. The van der Waals surface area contributed by atoms with E-state index in [1.807, 2.05) is 7.05 Å². The van der Waals surface area contributed by atoms with E-state index < -0.39 is 0 Å². The maximum atomic E-state index is 5.54. The Labute approximate surface area is 123 Å². The summed E-state index contributed by atoms with van der Waals surface area (Å²) in [5.74, 6) is 0. The fourth-order valence-electron chi connectivity index (χ4n) is 2.14. The molecule has 1 aromatic carbocycles. The van der Waals surface area contributed by atoms with E-state index in [9.17, 15) is 0 Å². The molecule has 1 unspecified atom stereocenters. The van der Waals surface area contributed by atoms with E-state index in [1.165, 1.54) is 11.1 Å². The number of rotatable bonds is 8. The Morgan fingerprint density at radius 3 is 2.20 bits per heavy atom. The van der Waals surface area contributed by atoms with Gasteiger partial charge in [0.15, 0.2) is 0 Å². The van der Waals surface area contributed by atoms with Gasteiger partial charge < -0.3 is 14.8 Å². The van der Waals surface area contributed by atoms with Crippen molar-refractivity contribution in [2.24, 2.45) is 0 Å². The van der Waals surface area contributed by atoms with Gasteiger partial charge in [-0.3, -0.25) is 0 Å². The monoisotopic (exact) mass is 279 g/mol. The van der Waals surface area contributed by atoms with E-state index in [0.717, 1.165) is 13.0 Å². The normalized spacial score (nSPS) is 13.4. The molecule has 1 N–H and O–H groups in total. The smallest absolute Gasteiger partial charge is 0.0700 e. The van der Waals surface area contributed by atoms with Gasteiger partial charge >= 0.3 is 0 Å². The van der Waals surface area contributed by atoms with Crippen molar-refractivity contribution in [1.82, 2.24) is 5.32 Å². The summed E-state index contributed by atoms with van der Waals surface area (Å²) in [6, 6.07) is 9.23. The van der Waals surface area contributed by atoms with Gasteiger partial charge in [0, 0.05) is 19.8 Å². The average Bonchev–Trinajstić information content (AvgIpc) is 2.42. The predicted molar refractivity (Wildman–Crippen MR) is 84.3 cm³/mol. The molecular formula is C17H29NO2. The van der Waals surface area contributed by atoms with Crippen molar-refractivity contribution in [1.29, 1.82) is 0 Å². The van der Waals surface area contributed by atoms with E-state index in [2.05, 4.69) is 50.4 Å². The second-order valence-corrected chi connectivity index (χ2v) is 6.11. The third-order valence-corrected chi connectivity index (χ3v) is 3.51. The second-order valence-electron chi connectivity index (χ2n) is 6.11. The minimum atomic E-state index is 0.205. The number of ether oxygens (including phenoxy) is 2. The quantitative estimate of drug-likeness (QED) is 0.741. The van der Waals surface area contributed by atoms with Crippen LogP contribution in [-0.4, -0.2) is 34.0 Å². The zero-order valence-corrected chi connectivity index (χ0v) is 13.5. The topological polar surface area (TPSA) is 30.5 Å². The van der Waals surface area contributed by atoms with Gasteiger partial charge in [-0.05, 0) is 30.0 Å². The first-order valence-electron chi connectivity index (χ1n) is 7.33. The van der Waals surface area contributed by atoms with Crippen molar-refractivity contribution in [3.05, 3.63) is 35.4 Å². The van der Waals surface area contributed by atoms with E-state index in [1.54, 1.807) is 7.11 Å². The molecule has 0 aliphatic heterocycles. The minimum Gasteiger partial charge on any atom is -0.382 e. The molecule has 0 radical (unpaired) electrons. The van der Waals surface area contributed by atoms with Gasteiger partial charge in [0.05, 0.1) is 13.2 Å². The van der Waals surface area contributed by atoms with Gasteiger partial charge in [0.2, 0.25) is 0 Å². The first-order chi connectivity index (χ1) is 9.49. The van der Waals surface area contributed by atoms with Crippen LogP contribution in [0.3, 0.4) is 0 Å². The van der Waals surface area contributed by atoms with Crippen LogP contribution in [-0.2, 0) is 14.9 Å². The molecule has 20 heavy (non-hydrogen) atoms. The maximum Gasteiger partial charge on any atom is 0.0700 e. The van der Waals surface area contributed by atoms with Crippen LogP contribution in [0.4, 0.5) is 0 Å². The van der Waals surface area contributed by atoms with Crippen molar-refractivity contribution >= 4 is 0 Å². The molecule has 0 aliphatic carbocycles. The molecule has 0 heterocycles. The second kappa shape index (κ2) is 8.40. The molecule has 0 saturated heterocycles. The van der Waals surface area contributed by atoms with Crippen molar-refractivity contribution in [2.45, 2.75) is 38.6 Å². The summed E-state index contributed by atoms with van der Waals surface area (Å²) in [5, 5.41) is 3.36. The van der Waals surface area contributed by atoms with Crippen molar-refractivity contribution in [3.63, 3.8) is 0 Å². The van der Waals surface area contributed by atoms with Crippen molar-refractivity contribution in [3.8, 4) is 0 Å². The zero-order chi connectivity index (χ0) is 15.0. The summed E-state index contributed by atoms with van der Waals surface area (Å²) in [4.78, 5) is 0. The highest BCUT2D eigenvalue weighted by Crippen LogP contribution is 2.24. The summed E-state index contributed by atoms with van der Waals surface area (Å²) in [7, 11) is 3.69. The fraction of sp³-hybridized carbons (Fsp3) is 0.647. The Bertz CT molecular complexity index is 368. The highest BCUT2D eigenvalue weighted by molar-refractivity contribution is 5.29. The molecule has 1 atom stereocenters. The van der Waals surface area contributed by atoms with Crippen molar-refractivity contribution < 1.29 is 9.47 Å². The molecule has 0 saturated carbocycles. The van der Waals surface area contributed by atoms with Crippen LogP contribution in [0.2, 0.25) is 0 Å². The van der Waals surface area contributed by atoms with Crippen LogP contribution in [0.15, 0.2) is 24.3 Å². The number of methoxy groups -OCH3 is 1. The number of hydrogen-bond donors (Lipinski definition) is 1. The van der Waals surface area contributed by atoms with Gasteiger partial charge in [-0.25, -0.2) is 0 Å². The van der Waals surface area contributed by atoms with Gasteiger partial charge in [0.1, 0.15) is 0 Å². The van der Waals surface area contributed by atoms with Gasteiger partial charge in [-0.1, -0.05) is 45.0 Å². The standard InChI is InChI=1S/C17H29NO2/c1-17(2,3)15-8-6-14(7-9-15)16(18-4)10-11-20-13-12-19-5/h6-9,16,18H,10-13H2,1-5H3. The van der Waals surface area contributed by atoms with Gasteiger partial charge in [0.25, 0.3) is 0 Å². The Morgan fingerprint density at radius 1 is 1.05 bits per heavy atom. The first-order valence-corrected chi connectivity index (χ1v) is 7.33. The third-order valence-electron chi connectivity index (χ3n) is 3.51. The lowest BCUT2D eigenvalue weighted by atomic mass is 9.86. The molecule has 0 amide bonds. The molecule has 0 aromatic heterocycles. The minimum absolute atomic E-state index is 0.205. The van der Waals surface area contributed by atoms with E-state index in [4.69, 9.17) is 9.47 Å². The van der Waals surface area contributed by atoms with Gasteiger partial charge in [-0.2, -0.15) is 0 Å². The first kappa shape index (κ1) is 17.2. The molecule has 0 spiro atoms. The molecular weight excluding hydrogens is 250 g/mol. The number of nitrogens with one attached hydrogen (secondary N) is 1. The average molecular weight is 279 g/mol.